The third kappa shape index (κ3) is 3.99. The Morgan fingerprint density at radius 2 is 1.69 bits per heavy atom. The molecule has 0 bridgehead atoms. The zero-order valence-corrected chi connectivity index (χ0v) is 14.1. The maximum atomic E-state index is 12.6. The molecule has 3 rings (SSSR count). The second kappa shape index (κ2) is 6.99. The number of hydrogen-bond donors (Lipinski definition) is 1. The van der Waals surface area contributed by atoms with E-state index in [4.69, 9.17) is 11.6 Å². The molecule has 0 saturated carbocycles. The molecule has 1 N–H and O–H groups in total. The molecule has 136 valence electrons. The van der Waals surface area contributed by atoms with Crippen LogP contribution >= 0.6 is 11.6 Å². The van der Waals surface area contributed by atoms with Crippen LogP contribution in [0.5, 0.6) is 0 Å². The smallest absolute Gasteiger partial charge is 0.347 e. The fraction of sp³-hybridized carbons (Fsp3) is 0.222. The van der Waals surface area contributed by atoms with Crippen LogP contribution in [0.4, 0.5) is 18.9 Å². The summed E-state index contributed by atoms with van der Waals surface area (Å²) < 4.78 is 37.7. The van der Waals surface area contributed by atoms with Gasteiger partial charge < -0.3 is 10.2 Å². The van der Waals surface area contributed by atoms with Gasteiger partial charge in [0.25, 0.3) is 5.91 Å². The number of rotatable bonds is 3. The van der Waals surface area contributed by atoms with Gasteiger partial charge in [0.1, 0.15) is 0 Å². The molecule has 1 aliphatic rings. The minimum Gasteiger partial charge on any atom is -0.347 e. The van der Waals surface area contributed by atoms with Crippen LogP contribution in [-0.2, 0) is 11.0 Å². The Hall–Kier alpha value is -2.54. The third-order valence-electron chi connectivity index (χ3n) is 4.07. The molecule has 2 aromatic rings. The molecule has 1 saturated heterocycles. The van der Waals surface area contributed by atoms with Crippen LogP contribution in [0.3, 0.4) is 0 Å². The first-order chi connectivity index (χ1) is 12.2. The predicted octanol–water partition coefficient (Wildman–Crippen LogP) is 3.89. The maximum Gasteiger partial charge on any atom is 0.416 e. The number of halogens is 4. The van der Waals surface area contributed by atoms with Crippen molar-refractivity contribution in [1.29, 1.82) is 0 Å². The van der Waals surface area contributed by atoms with Crippen molar-refractivity contribution >= 4 is 29.1 Å². The Morgan fingerprint density at radius 1 is 1.08 bits per heavy atom. The van der Waals surface area contributed by atoms with Gasteiger partial charge in [0.05, 0.1) is 11.6 Å². The van der Waals surface area contributed by atoms with Gasteiger partial charge in [-0.1, -0.05) is 11.6 Å². The Labute approximate surface area is 152 Å². The fourth-order valence-electron chi connectivity index (χ4n) is 2.75. The normalized spacial score (nSPS) is 17.5. The van der Waals surface area contributed by atoms with E-state index in [1.807, 2.05) is 0 Å². The minimum atomic E-state index is -4.45. The quantitative estimate of drug-likeness (QED) is 0.875. The number of nitrogens with zero attached hydrogens (tertiary/aromatic N) is 1. The lowest BCUT2D eigenvalue weighted by atomic mass is 10.1. The Morgan fingerprint density at radius 3 is 2.27 bits per heavy atom. The molecule has 0 unspecified atom stereocenters. The van der Waals surface area contributed by atoms with Crippen LogP contribution in [0.1, 0.15) is 22.3 Å². The van der Waals surface area contributed by atoms with Crippen molar-refractivity contribution in [2.24, 2.45) is 0 Å². The zero-order chi connectivity index (χ0) is 18.9. The minimum absolute atomic E-state index is 0.107. The van der Waals surface area contributed by atoms with Gasteiger partial charge in [-0.25, -0.2) is 0 Å². The first-order valence-corrected chi connectivity index (χ1v) is 8.16. The first-order valence-electron chi connectivity index (χ1n) is 7.78. The second-order valence-corrected chi connectivity index (χ2v) is 6.37. The Balaban J connectivity index is 1.65. The number of hydrogen-bond acceptors (Lipinski definition) is 2. The summed E-state index contributed by atoms with van der Waals surface area (Å²) in [6, 6.07) is 10.3. The van der Waals surface area contributed by atoms with Crippen LogP contribution in [0.15, 0.2) is 48.5 Å². The topological polar surface area (TPSA) is 49.4 Å². The largest absolute Gasteiger partial charge is 0.416 e. The molecule has 0 aromatic heterocycles. The van der Waals surface area contributed by atoms with E-state index in [2.05, 4.69) is 5.32 Å². The van der Waals surface area contributed by atoms with E-state index in [1.165, 1.54) is 4.90 Å². The van der Waals surface area contributed by atoms with Crippen LogP contribution < -0.4 is 10.2 Å². The highest BCUT2D eigenvalue weighted by atomic mass is 35.5. The number of amides is 2. The summed E-state index contributed by atoms with van der Waals surface area (Å²) in [5.74, 6) is -0.667. The van der Waals surface area contributed by atoms with Crippen molar-refractivity contribution < 1.29 is 22.8 Å². The van der Waals surface area contributed by atoms with Crippen LogP contribution in [0.2, 0.25) is 5.02 Å². The predicted molar refractivity (Wildman–Crippen MR) is 91.1 cm³/mol. The number of carbonyl (C=O) groups excluding carboxylic acids is 2. The molecule has 26 heavy (non-hydrogen) atoms. The van der Waals surface area contributed by atoms with Crippen molar-refractivity contribution in [1.82, 2.24) is 5.32 Å². The highest BCUT2D eigenvalue weighted by molar-refractivity contribution is 6.30. The maximum absolute atomic E-state index is 12.6. The van der Waals surface area contributed by atoms with Crippen molar-refractivity contribution in [3.63, 3.8) is 0 Å². The molecular weight excluding hydrogens is 369 g/mol. The van der Waals surface area contributed by atoms with E-state index in [-0.39, 0.29) is 24.4 Å². The molecule has 1 heterocycles. The van der Waals surface area contributed by atoms with E-state index in [9.17, 15) is 22.8 Å². The molecule has 2 amide bonds. The highest BCUT2D eigenvalue weighted by Gasteiger charge is 2.32. The van der Waals surface area contributed by atoms with E-state index < -0.39 is 23.7 Å². The fourth-order valence-corrected chi connectivity index (χ4v) is 2.88. The van der Waals surface area contributed by atoms with Gasteiger partial charge in [-0.2, -0.15) is 13.2 Å². The lowest BCUT2D eigenvalue weighted by Gasteiger charge is -2.17. The lowest BCUT2D eigenvalue weighted by molar-refractivity contribution is -0.137. The van der Waals surface area contributed by atoms with Gasteiger partial charge in [-0.3, -0.25) is 9.59 Å². The molecule has 1 fully saturated rings. The van der Waals surface area contributed by atoms with E-state index in [1.54, 1.807) is 24.3 Å². The standard InChI is InChI=1S/C18H14ClF3N2O2/c19-13-5-7-15(8-6-13)24-10-14(9-16(24)25)23-17(26)11-1-3-12(4-2-11)18(20,21)22/h1-8,14H,9-10H2,(H,23,26)/t14-/m1/s1. The molecule has 4 nitrogen and oxygen atoms in total. The van der Waals surface area contributed by atoms with Crippen molar-refractivity contribution in [3.05, 3.63) is 64.7 Å². The molecule has 0 spiro atoms. The van der Waals surface area contributed by atoms with E-state index >= 15 is 0 Å². The van der Waals surface area contributed by atoms with Crippen LogP contribution in [-0.4, -0.2) is 24.4 Å². The van der Waals surface area contributed by atoms with Crippen LogP contribution in [0.25, 0.3) is 0 Å². The van der Waals surface area contributed by atoms with Gasteiger partial charge in [0, 0.05) is 29.2 Å². The molecule has 1 aliphatic heterocycles. The summed E-state index contributed by atoms with van der Waals surface area (Å²) >= 11 is 5.83. The summed E-state index contributed by atoms with van der Waals surface area (Å²) in [5, 5.41) is 3.23. The molecule has 8 heteroatoms. The molecule has 0 aliphatic carbocycles. The summed E-state index contributed by atoms with van der Waals surface area (Å²) in [4.78, 5) is 25.9. The summed E-state index contributed by atoms with van der Waals surface area (Å²) in [6.07, 6.45) is -4.33. The van der Waals surface area contributed by atoms with Gasteiger partial charge in [0.2, 0.25) is 5.91 Å². The summed E-state index contributed by atoms with van der Waals surface area (Å²) in [7, 11) is 0. The molecule has 1 atom stereocenters. The Kier molecular flexibility index (Phi) is 4.91. The highest BCUT2D eigenvalue weighted by Crippen LogP contribution is 2.29. The van der Waals surface area contributed by atoms with Crippen molar-refractivity contribution in [2.45, 2.75) is 18.6 Å². The SMILES string of the molecule is O=C(N[C@@H]1CC(=O)N(c2ccc(Cl)cc2)C1)c1ccc(C(F)(F)F)cc1. The Bertz CT molecular complexity index is 820. The van der Waals surface area contributed by atoms with E-state index in [0.29, 0.717) is 10.7 Å². The first kappa shape index (κ1) is 18.3. The number of alkyl halides is 3. The average Bonchev–Trinajstić information content (AvgIpc) is 2.95. The second-order valence-electron chi connectivity index (χ2n) is 5.93. The monoisotopic (exact) mass is 382 g/mol. The summed E-state index contributed by atoms with van der Waals surface area (Å²) in [6.45, 7) is 0.285. The van der Waals surface area contributed by atoms with Gasteiger partial charge >= 0.3 is 6.18 Å². The number of anilines is 1. The number of benzene rings is 2. The molecule has 0 radical (unpaired) electrons. The molecular formula is C18H14ClF3N2O2. The van der Waals surface area contributed by atoms with E-state index in [0.717, 1.165) is 24.3 Å². The lowest BCUT2D eigenvalue weighted by Crippen LogP contribution is -2.37. The van der Waals surface area contributed by atoms with Gasteiger partial charge in [-0.15, -0.1) is 0 Å². The van der Waals surface area contributed by atoms with Crippen molar-refractivity contribution in [2.75, 3.05) is 11.4 Å². The molecule has 2 aromatic carbocycles. The number of carbonyl (C=O) groups is 2. The summed E-state index contributed by atoms with van der Waals surface area (Å²) in [5.41, 5.74) is -0.0416. The number of nitrogens with one attached hydrogen (secondary N) is 1. The van der Waals surface area contributed by atoms with Crippen molar-refractivity contribution in [3.8, 4) is 0 Å². The zero-order valence-electron chi connectivity index (χ0n) is 13.4. The van der Waals surface area contributed by atoms with Gasteiger partial charge in [-0.05, 0) is 48.5 Å². The van der Waals surface area contributed by atoms with Gasteiger partial charge in [0.15, 0.2) is 0 Å². The third-order valence-corrected chi connectivity index (χ3v) is 4.32. The van der Waals surface area contributed by atoms with Crippen LogP contribution in [0, 0.1) is 0 Å². The average molecular weight is 383 g/mol.